The summed E-state index contributed by atoms with van der Waals surface area (Å²) in [6.45, 7) is 0. The number of nitrogens with zero attached hydrogens (tertiary/aromatic N) is 2. The molecule has 9 heteroatoms. The van der Waals surface area contributed by atoms with Gasteiger partial charge in [0.25, 0.3) is 0 Å². The maximum absolute atomic E-state index is 12.3. The Balaban J connectivity index is 1.56. The number of amidine groups is 1. The van der Waals surface area contributed by atoms with E-state index in [0.29, 0.717) is 21.6 Å². The Morgan fingerprint density at radius 3 is 2.79 bits per heavy atom. The summed E-state index contributed by atoms with van der Waals surface area (Å²) in [5.41, 5.74) is 1.38. The van der Waals surface area contributed by atoms with Crippen LogP contribution in [-0.4, -0.2) is 35.6 Å². The molecule has 0 aromatic heterocycles. The lowest BCUT2D eigenvalue weighted by molar-refractivity contribution is -0.122. The van der Waals surface area contributed by atoms with Crippen molar-refractivity contribution < 1.29 is 14.3 Å². The van der Waals surface area contributed by atoms with Crippen LogP contribution >= 0.6 is 23.4 Å². The maximum atomic E-state index is 12.3. The number of thioether (sulfide) groups is 1. The van der Waals surface area contributed by atoms with Crippen LogP contribution in [0.1, 0.15) is 12.0 Å². The summed E-state index contributed by atoms with van der Waals surface area (Å²) >= 11 is 7.00. The minimum atomic E-state index is -0.570. The highest BCUT2D eigenvalue weighted by atomic mass is 35.5. The Labute approximate surface area is 171 Å². The molecule has 0 spiro atoms. The van der Waals surface area contributed by atoms with Crippen molar-refractivity contribution in [3.63, 3.8) is 0 Å². The van der Waals surface area contributed by atoms with Gasteiger partial charge in [0.05, 0.1) is 19.0 Å². The standard InChI is InChI=1S/C19H17ClN4O3S/c1-27-15-5-3-2-4-14(15)22-17(25)10-16-18(26)23-19(28-16)24-21-11-12-6-8-13(20)9-7-12/h2-9,11,16H,10H2,1H3,(H,22,25)(H,23,24,26)/b21-11+. The number of carbonyl (C=O) groups excluding carboxylic acids is 2. The number of halogens is 1. The van der Waals surface area contributed by atoms with E-state index in [1.807, 2.05) is 6.07 Å². The summed E-state index contributed by atoms with van der Waals surface area (Å²) in [6.07, 6.45) is 1.56. The van der Waals surface area contributed by atoms with Gasteiger partial charge in [-0.25, -0.2) is 0 Å². The Bertz CT molecular complexity index is 931. The number of amides is 2. The summed E-state index contributed by atoms with van der Waals surface area (Å²) < 4.78 is 5.20. The van der Waals surface area contributed by atoms with E-state index in [-0.39, 0.29) is 18.2 Å². The first-order valence-electron chi connectivity index (χ1n) is 8.32. The Hall–Kier alpha value is -2.84. The van der Waals surface area contributed by atoms with E-state index in [0.717, 1.165) is 5.56 Å². The summed E-state index contributed by atoms with van der Waals surface area (Å²) in [4.78, 5) is 24.4. The van der Waals surface area contributed by atoms with Gasteiger partial charge >= 0.3 is 0 Å². The van der Waals surface area contributed by atoms with Gasteiger partial charge in [-0.05, 0) is 29.8 Å². The van der Waals surface area contributed by atoms with Gasteiger partial charge in [-0.1, -0.05) is 47.6 Å². The Morgan fingerprint density at radius 1 is 1.29 bits per heavy atom. The van der Waals surface area contributed by atoms with Crippen LogP contribution in [0.15, 0.2) is 58.7 Å². The van der Waals surface area contributed by atoms with E-state index in [9.17, 15) is 9.59 Å². The van der Waals surface area contributed by atoms with Gasteiger partial charge in [0.2, 0.25) is 11.8 Å². The number of nitrogens with one attached hydrogen (secondary N) is 2. The number of methoxy groups -OCH3 is 1. The van der Waals surface area contributed by atoms with Gasteiger partial charge in [0.1, 0.15) is 11.0 Å². The third-order valence-corrected chi connectivity index (χ3v) is 5.08. The monoisotopic (exact) mass is 416 g/mol. The molecule has 0 bridgehead atoms. The topological polar surface area (TPSA) is 92.2 Å². The van der Waals surface area contributed by atoms with Crippen molar-refractivity contribution in [2.45, 2.75) is 11.7 Å². The molecule has 1 aliphatic heterocycles. The predicted octanol–water partition coefficient (Wildman–Crippen LogP) is 3.30. The van der Waals surface area contributed by atoms with Crippen LogP contribution in [0.4, 0.5) is 5.69 Å². The molecule has 2 amide bonds. The highest BCUT2D eigenvalue weighted by molar-refractivity contribution is 8.15. The molecule has 0 radical (unpaired) electrons. The van der Waals surface area contributed by atoms with Crippen LogP contribution in [0.2, 0.25) is 5.02 Å². The number of anilines is 1. The van der Waals surface area contributed by atoms with Crippen LogP contribution in [-0.2, 0) is 9.59 Å². The minimum absolute atomic E-state index is 0.00840. The summed E-state index contributed by atoms with van der Waals surface area (Å²) in [5, 5.41) is 13.8. The fourth-order valence-electron chi connectivity index (χ4n) is 2.40. The molecule has 144 valence electrons. The lowest BCUT2D eigenvalue weighted by atomic mass is 10.2. The Morgan fingerprint density at radius 2 is 2.04 bits per heavy atom. The van der Waals surface area contributed by atoms with Crippen molar-refractivity contribution in [2.24, 2.45) is 10.2 Å². The molecule has 7 nitrogen and oxygen atoms in total. The molecular weight excluding hydrogens is 400 g/mol. The van der Waals surface area contributed by atoms with E-state index < -0.39 is 5.25 Å². The molecule has 0 aliphatic carbocycles. The van der Waals surface area contributed by atoms with Crippen LogP contribution in [0.3, 0.4) is 0 Å². The zero-order valence-corrected chi connectivity index (χ0v) is 16.5. The number of carbonyl (C=O) groups is 2. The fourth-order valence-corrected chi connectivity index (χ4v) is 3.45. The number of hydrogen-bond donors (Lipinski definition) is 2. The first-order valence-corrected chi connectivity index (χ1v) is 9.58. The first-order chi connectivity index (χ1) is 13.5. The maximum Gasteiger partial charge on any atom is 0.240 e. The fraction of sp³-hybridized carbons (Fsp3) is 0.158. The van der Waals surface area contributed by atoms with Gasteiger partial charge in [-0.15, -0.1) is 5.10 Å². The first kappa shape index (κ1) is 19.9. The zero-order valence-electron chi connectivity index (χ0n) is 14.9. The molecule has 1 saturated heterocycles. The van der Waals surface area contributed by atoms with Crippen LogP contribution in [0, 0.1) is 0 Å². The van der Waals surface area contributed by atoms with E-state index in [2.05, 4.69) is 20.8 Å². The molecule has 0 saturated carbocycles. The van der Waals surface area contributed by atoms with Gasteiger partial charge in [-0.2, -0.15) is 5.10 Å². The van der Waals surface area contributed by atoms with Crippen molar-refractivity contribution >= 4 is 52.2 Å². The highest BCUT2D eigenvalue weighted by Gasteiger charge is 2.32. The summed E-state index contributed by atoms with van der Waals surface area (Å²) in [6, 6.07) is 14.2. The third-order valence-electron chi connectivity index (χ3n) is 3.75. The smallest absolute Gasteiger partial charge is 0.240 e. The molecule has 1 atom stereocenters. The predicted molar refractivity (Wildman–Crippen MR) is 112 cm³/mol. The van der Waals surface area contributed by atoms with Crippen LogP contribution < -0.4 is 15.4 Å². The SMILES string of the molecule is COc1ccccc1NC(=O)CC1S/C(=N/N=C/c2ccc(Cl)cc2)NC1=O. The lowest BCUT2D eigenvalue weighted by Crippen LogP contribution is -2.28. The zero-order chi connectivity index (χ0) is 19.9. The van der Waals surface area contributed by atoms with Crippen molar-refractivity contribution in [3.05, 3.63) is 59.1 Å². The van der Waals surface area contributed by atoms with E-state index in [4.69, 9.17) is 16.3 Å². The second-order valence-corrected chi connectivity index (χ2v) is 7.38. The average Bonchev–Trinajstić information content (AvgIpc) is 3.03. The molecule has 2 N–H and O–H groups in total. The highest BCUT2D eigenvalue weighted by Crippen LogP contribution is 2.26. The van der Waals surface area contributed by atoms with Crippen molar-refractivity contribution in [3.8, 4) is 5.75 Å². The number of para-hydroxylation sites is 2. The molecule has 2 aromatic rings. The Kier molecular flexibility index (Phi) is 6.67. The quantitative estimate of drug-likeness (QED) is 0.558. The molecule has 1 unspecified atom stereocenters. The van der Waals surface area contributed by atoms with Crippen LogP contribution in [0.5, 0.6) is 5.75 Å². The van der Waals surface area contributed by atoms with E-state index >= 15 is 0 Å². The molecule has 1 fully saturated rings. The summed E-state index contributed by atoms with van der Waals surface area (Å²) in [7, 11) is 1.53. The number of rotatable bonds is 6. The molecular formula is C19H17ClN4O3S. The van der Waals surface area contributed by atoms with E-state index in [1.54, 1.807) is 48.7 Å². The van der Waals surface area contributed by atoms with Crippen molar-refractivity contribution in [1.29, 1.82) is 0 Å². The van der Waals surface area contributed by atoms with Gasteiger partial charge in [-0.3, -0.25) is 9.59 Å². The second-order valence-electron chi connectivity index (χ2n) is 5.75. The van der Waals surface area contributed by atoms with Crippen LogP contribution in [0.25, 0.3) is 0 Å². The van der Waals surface area contributed by atoms with Crippen molar-refractivity contribution in [1.82, 2.24) is 5.32 Å². The number of hydrogen-bond acceptors (Lipinski definition) is 6. The minimum Gasteiger partial charge on any atom is -0.495 e. The second kappa shape index (κ2) is 9.38. The molecule has 1 aliphatic rings. The normalized spacial score (nSPS) is 17.7. The van der Waals surface area contributed by atoms with Gasteiger partial charge < -0.3 is 15.4 Å². The largest absolute Gasteiger partial charge is 0.495 e. The van der Waals surface area contributed by atoms with E-state index in [1.165, 1.54) is 18.9 Å². The van der Waals surface area contributed by atoms with Crippen molar-refractivity contribution in [2.75, 3.05) is 12.4 Å². The molecule has 28 heavy (non-hydrogen) atoms. The average molecular weight is 417 g/mol. The third kappa shape index (κ3) is 5.34. The molecule has 2 aromatic carbocycles. The van der Waals surface area contributed by atoms with Gasteiger partial charge in [0.15, 0.2) is 5.17 Å². The molecule has 1 heterocycles. The molecule has 3 rings (SSSR count). The number of ether oxygens (including phenoxy) is 1. The lowest BCUT2D eigenvalue weighted by Gasteiger charge is -2.10. The van der Waals surface area contributed by atoms with Gasteiger partial charge in [0, 0.05) is 11.4 Å². The number of benzene rings is 2. The summed E-state index contributed by atoms with van der Waals surface area (Å²) in [5.74, 6) is -0.0122.